The molecule has 1 aromatic carbocycles. The monoisotopic (exact) mass is 511 g/mol. The lowest BCUT2D eigenvalue weighted by atomic mass is 10.0. The molecule has 1 saturated heterocycles. The molecule has 35 heavy (non-hydrogen) atoms. The summed E-state index contributed by atoms with van der Waals surface area (Å²) in [7, 11) is 1.99. The summed E-state index contributed by atoms with van der Waals surface area (Å²) in [6.45, 7) is 12.8. The summed E-state index contributed by atoms with van der Waals surface area (Å²) >= 11 is 7.33. The van der Waals surface area contributed by atoms with Crippen LogP contribution in [0.5, 0.6) is 0 Å². The normalized spacial score (nSPS) is 14.3. The number of thiophene rings is 1. The summed E-state index contributed by atoms with van der Waals surface area (Å²) in [6, 6.07) is 9.97. The van der Waals surface area contributed by atoms with E-state index < -0.39 is 0 Å². The van der Waals surface area contributed by atoms with Crippen molar-refractivity contribution in [3.63, 3.8) is 0 Å². The van der Waals surface area contributed by atoms with Gasteiger partial charge in [0.25, 0.3) is 0 Å². The van der Waals surface area contributed by atoms with E-state index in [9.17, 15) is 4.79 Å². The molecule has 186 valence electrons. The largest absolute Gasteiger partial charge is 0.462 e. The van der Waals surface area contributed by atoms with Gasteiger partial charge in [0.1, 0.15) is 10.6 Å². The van der Waals surface area contributed by atoms with Gasteiger partial charge in [0.05, 0.1) is 12.3 Å². The molecule has 1 fully saturated rings. The molecule has 3 aromatic rings. The van der Waals surface area contributed by atoms with Crippen molar-refractivity contribution in [2.75, 3.05) is 38.1 Å². The van der Waals surface area contributed by atoms with Crippen molar-refractivity contribution in [3.05, 3.63) is 57.7 Å². The standard InChI is InChI=1S/C26H33N5O2S2/c1-6-33-25(32)23-22(20-10-8-7-9-11-20)19(4)35-24(23)27-26(34)31-14-12-30(13-15-31)16-21-17(2)28-29(5)18(21)3/h7-11H,6,12-16H2,1-5H3,(H,27,34). The highest BCUT2D eigenvalue weighted by atomic mass is 32.1. The van der Waals surface area contributed by atoms with E-state index in [1.807, 2.05) is 55.9 Å². The summed E-state index contributed by atoms with van der Waals surface area (Å²) in [5, 5.41) is 9.31. The van der Waals surface area contributed by atoms with Crippen LogP contribution in [0.1, 0.15) is 39.1 Å². The molecular weight excluding hydrogens is 478 g/mol. The number of aryl methyl sites for hydroxylation is 3. The molecule has 7 nitrogen and oxygen atoms in total. The van der Waals surface area contributed by atoms with Gasteiger partial charge in [-0.2, -0.15) is 5.10 Å². The number of anilines is 1. The molecule has 1 N–H and O–H groups in total. The fourth-order valence-corrected chi connectivity index (χ4v) is 5.95. The number of aromatic nitrogens is 2. The quantitative estimate of drug-likeness (QED) is 0.378. The van der Waals surface area contributed by atoms with Crippen molar-refractivity contribution in [3.8, 4) is 11.1 Å². The number of benzene rings is 1. The van der Waals surface area contributed by atoms with Gasteiger partial charge in [-0.3, -0.25) is 9.58 Å². The second kappa shape index (κ2) is 10.9. The van der Waals surface area contributed by atoms with Gasteiger partial charge < -0.3 is 15.0 Å². The highest BCUT2D eigenvalue weighted by Crippen LogP contribution is 2.40. The molecule has 1 aliphatic rings. The van der Waals surface area contributed by atoms with Crippen LogP contribution in [-0.4, -0.2) is 63.4 Å². The van der Waals surface area contributed by atoms with Crippen LogP contribution in [0.15, 0.2) is 30.3 Å². The third kappa shape index (κ3) is 5.42. The van der Waals surface area contributed by atoms with Crippen LogP contribution >= 0.6 is 23.6 Å². The predicted octanol–water partition coefficient (Wildman–Crippen LogP) is 4.77. The number of hydrogen-bond acceptors (Lipinski definition) is 6. The third-order valence-corrected chi connectivity index (χ3v) is 7.93. The highest BCUT2D eigenvalue weighted by molar-refractivity contribution is 7.80. The molecule has 1 aliphatic heterocycles. The Hall–Kier alpha value is -2.75. The van der Waals surface area contributed by atoms with Crippen LogP contribution in [0.2, 0.25) is 0 Å². The van der Waals surface area contributed by atoms with Gasteiger partial charge >= 0.3 is 5.97 Å². The Kier molecular flexibility index (Phi) is 7.88. The molecule has 0 aliphatic carbocycles. The third-order valence-electron chi connectivity index (χ3n) is 6.55. The minimum atomic E-state index is -0.326. The molecule has 0 amide bonds. The van der Waals surface area contributed by atoms with Crippen LogP contribution in [0.25, 0.3) is 11.1 Å². The molecule has 9 heteroatoms. The van der Waals surface area contributed by atoms with E-state index in [0.717, 1.165) is 59.4 Å². The van der Waals surface area contributed by atoms with Gasteiger partial charge in [-0.15, -0.1) is 11.3 Å². The van der Waals surface area contributed by atoms with E-state index >= 15 is 0 Å². The van der Waals surface area contributed by atoms with Gasteiger partial charge in [0, 0.05) is 61.5 Å². The van der Waals surface area contributed by atoms with E-state index in [4.69, 9.17) is 17.0 Å². The number of ether oxygens (including phenoxy) is 1. The lowest BCUT2D eigenvalue weighted by molar-refractivity contribution is 0.0529. The average molecular weight is 512 g/mol. The average Bonchev–Trinajstić information content (AvgIpc) is 3.29. The fraction of sp³-hybridized carbons (Fsp3) is 0.423. The number of carbonyl (C=O) groups excluding carboxylic acids is 1. The number of esters is 1. The number of carbonyl (C=O) groups is 1. The van der Waals surface area contributed by atoms with Crippen molar-refractivity contribution >= 4 is 39.6 Å². The van der Waals surface area contributed by atoms with Gasteiger partial charge in [-0.05, 0) is 45.5 Å². The Morgan fingerprint density at radius 2 is 1.83 bits per heavy atom. The summed E-state index contributed by atoms with van der Waals surface area (Å²) in [6.07, 6.45) is 0. The van der Waals surface area contributed by atoms with Crippen LogP contribution in [0.4, 0.5) is 5.00 Å². The predicted molar refractivity (Wildman–Crippen MR) is 146 cm³/mol. The summed E-state index contributed by atoms with van der Waals surface area (Å²) in [5.41, 5.74) is 6.09. The molecule has 0 bridgehead atoms. The number of piperazine rings is 1. The van der Waals surface area contributed by atoms with Gasteiger partial charge in [0.15, 0.2) is 5.11 Å². The van der Waals surface area contributed by atoms with Crippen molar-refractivity contribution in [2.24, 2.45) is 7.05 Å². The Balaban J connectivity index is 1.47. The molecule has 2 aromatic heterocycles. The van der Waals surface area contributed by atoms with Crippen LogP contribution in [0, 0.1) is 20.8 Å². The van der Waals surface area contributed by atoms with Gasteiger partial charge in [-0.1, -0.05) is 30.3 Å². The Morgan fingerprint density at radius 1 is 1.14 bits per heavy atom. The minimum absolute atomic E-state index is 0.323. The van der Waals surface area contributed by atoms with E-state index in [1.54, 1.807) is 11.3 Å². The maximum Gasteiger partial charge on any atom is 0.341 e. The number of nitrogens with one attached hydrogen (secondary N) is 1. The Bertz CT molecular complexity index is 1210. The first-order valence-corrected chi connectivity index (χ1v) is 13.2. The first kappa shape index (κ1) is 25.3. The number of nitrogens with zero attached hydrogens (tertiary/aromatic N) is 4. The van der Waals surface area contributed by atoms with Crippen LogP contribution in [0.3, 0.4) is 0 Å². The zero-order chi connectivity index (χ0) is 25.1. The first-order valence-electron chi connectivity index (χ1n) is 11.9. The zero-order valence-corrected chi connectivity index (χ0v) is 22.7. The minimum Gasteiger partial charge on any atom is -0.462 e. The number of hydrogen-bond donors (Lipinski definition) is 1. The second-order valence-electron chi connectivity index (χ2n) is 8.79. The SMILES string of the molecule is CCOC(=O)c1c(NC(=S)N2CCN(Cc3c(C)nn(C)c3C)CC2)sc(C)c1-c1ccccc1. The van der Waals surface area contributed by atoms with Crippen LogP contribution < -0.4 is 5.32 Å². The van der Waals surface area contributed by atoms with Crippen molar-refractivity contribution < 1.29 is 9.53 Å². The lowest BCUT2D eigenvalue weighted by Gasteiger charge is -2.36. The summed E-state index contributed by atoms with van der Waals surface area (Å²) in [4.78, 5) is 18.7. The lowest BCUT2D eigenvalue weighted by Crippen LogP contribution is -2.49. The Labute approximate surface area is 216 Å². The smallest absolute Gasteiger partial charge is 0.341 e. The van der Waals surface area contributed by atoms with Crippen molar-refractivity contribution in [1.82, 2.24) is 19.6 Å². The topological polar surface area (TPSA) is 62.6 Å². The molecule has 0 unspecified atom stereocenters. The van der Waals surface area contributed by atoms with Crippen LogP contribution in [-0.2, 0) is 18.3 Å². The molecule has 0 saturated carbocycles. The first-order chi connectivity index (χ1) is 16.8. The zero-order valence-electron chi connectivity index (χ0n) is 21.1. The summed E-state index contributed by atoms with van der Waals surface area (Å²) in [5.74, 6) is -0.326. The number of thiocarbonyl (C=S) groups is 1. The maximum atomic E-state index is 13.0. The Morgan fingerprint density at radius 3 is 2.43 bits per heavy atom. The maximum absolute atomic E-state index is 13.0. The fourth-order valence-electron chi connectivity index (χ4n) is 4.54. The second-order valence-corrected chi connectivity index (χ2v) is 10.4. The highest BCUT2D eigenvalue weighted by Gasteiger charge is 2.27. The van der Waals surface area contributed by atoms with E-state index in [0.29, 0.717) is 17.3 Å². The van der Waals surface area contributed by atoms with E-state index in [1.165, 1.54) is 11.3 Å². The molecule has 0 radical (unpaired) electrons. The molecular formula is C26H33N5O2S2. The van der Waals surface area contributed by atoms with Crippen molar-refractivity contribution in [1.29, 1.82) is 0 Å². The molecule has 3 heterocycles. The van der Waals surface area contributed by atoms with E-state index in [2.05, 4.69) is 34.1 Å². The summed E-state index contributed by atoms with van der Waals surface area (Å²) < 4.78 is 7.37. The molecule has 4 rings (SSSR count). The van der Waals surface area contributed by atoms with E-state index in [-0.39, 0.29) is 5.97 Å². The van der Waals surface area contributed by atoms with Gasteiger partial charge in [0.2, 0.25) is 0 Å². The van der Waals surface area contributed by atoms with Gasteiger partial charge in [-0.25, -0.2) is 4.79 Å². The molecule has 0 atom stereocenters. The van der Waals surface area contributed by atoms with Crippen molar-refractivity contribution in [2.45, 2.75) is 34.2 Å². The number of rotatable bonds is 6. The molecule has 0 spiro atoms.